The third-order valence-corrected chi connectivity index (χ3v) is 3.25. The zero-order valence-electron chi connectivity index (χ0n) is 11.6. The molecule has 2 N–H and O–H groups in total. The summed E-state index contributed by atoms with van der Waals surface area (Å²) in [6.07, 6.45) is 0. The first-order chi connectivity index (χ1) is 11.0. The van der Waals surface area contributed by atoms with Crippen LogP contribution in [0.3, 0.4) is 0 Å². The fourth-order valence-corrected chi connectivity index (χ4v) is 2.23. The Balaban J connectivity index is 1.88. The van der Waals surface area contributed by atoms with Crippen molar-refractivity contribution in [2.45, 2.75) is 0 Å². The van der Waals surface area contributed by atoms with Crippen LogP contribution >= 0.6 is 0 Å². The second kappa shape index (κ2) is 5.64. The second-order valence-electron chi connectivity index (χ2n) is 4.84. The number of nitrogens with zero attached hydrogens (tertiary/aromatic N) is 1. The van der Waals surface area contributed by atoms with E-state index in [2.05, 4.69) is 10.6 Å². The number of carbonyl (C=O) groups is 2. The monoisotopic (exact) mass is 321 g/mol. The van der Waals surface area contributed by atoms with Crippen LogP contribution in [0.5, 0.6) is 0 Å². The van der Waals surface area contributed by atoms with Gasteiger partial charge in [0.2, 0.25) is 5.91 Å². The molecule has 3 amide bonds. The number of rotatable bonds is 1. The smallest absolute Gasteiger partial charge is 0.323 e. The molecule has 2 aromatic carbocycles. The minimum absolute atomic E-state index is 0.255. The maximum atomic E-state index is 13.2. The summed E-state index contributed by atoms with van der Waals surface area (Å²) < 4.78 is 39.3. The summed E-state index contributed by atoms with van der Waals surface area (Å²) >= 11 is 0. The standard InChI is InChI=1S/C15H10F3N3O2/c16-9-5-8(6-10(17)14(9)18)19-15(23)21-7-13(22)20-11-3-1-2-4-12(11)21/h1-6H,7H2,(H,19,23)(H,20,22). The first-order valence-electron chi connectivity index (χ1n) is 6.57. The van der Waals surface area contributed by atoms with E-state index in [9.17, 15) is 22.8 Å². The Bertz CT molecular complexity index is 787. The minimum Gasteiger partial charge on any atom is -0.323 e. The molecule has 0 fully saturated rings. The van der Waals surface area contributed by atoms with Crippen molar-refractivity contribution in [2.75, 3.05) is 22.1 Å². The molecule has 118 valence electrons. The molecule has 0 saturated carbocycles. The summed E-state index contributed by atoms with van der Waals surface area (Å²) in [6.45, 7) is -0.255. The van der Waals surface area contributed by atoms with Crippen molar-refractivity contribution in [3.63, 3.8) is 0 Å². The number of anilines is 3. The van der Waals surface area contributed by atoms with Crippen molar-refractivity contribution in [3.05, 3.63) is 53.8 Å². The first-order valence-corrected chi connectivity index (χ1v) is 6.57. The van der Waals surface area contributed by atoms with Crippen LogP contribution < -0.4 is 15.5 Å². The Morgan fingerprint density at radius 2 is 1.78 bits per heavy atom. The lowest BCUT2D eigenvalue weighted by molar-refractivity contribution is -0.115. The molecule has 5 nitrogen and oxygen atoms in total. The van der Waals surface area contributed by atoms with Crippen LogP contribution in [0.15, 0.2) is 36.4 Å². The molecule has 0 aliphatic carbocycles. The Kier molecular flexibility index (Phi) is 3.65. The van der Waals surface area contributed by atoms with Crippen LogP contribution in [0, 0.1) is 17.5 Å². The van der Waals surface area contributed by atoms with E-state index in [4.69, 9.17) is 0 Å². The highest BCUT2D eigenvalue weighted by Gasteiger charge is 2.27. The van der Waals surface area contributed by atoms with E-state index >= 15 is 0 Å². The molecule has 3 rings (SSSR count). The number of hydrogen-bond donors (Lipinski definition) is 2. The first kappa shape index (κ1) is 14.9. The van der Waals surface area contributed by atoms with Crippen molar-refractivity contribution in [1.29, 1.82) is 0 Å². The van der Waals surface area contributed by atoms with E-state index in [0.717, 1.165) is 4.90 Å². The molecule has 0 spiro atoms. The van der Waals surface area contributed by atoms with Crippen molar-refractivity contribution in [2.24, 2.45) is 0 Å². The number of carbonyl (C=O) groups excluding carboxylic acids is 2. The summed E-state index contributed by atoms with van der Waals surface area (Å²) in [6, 6.07) is 7.14. The Labute approximate surface area is 128 Å². The van der Waals surface area contributed by atoms with Gasteiger partial charge in [0.25, 0.3) is 0 Å². The maximum absolute atomic E-state index is 13.2. The van der Waals surface area contributed by atoms with Crippen molar-refractivity contribution < 1.29 is 22.8 Å². The third kappa shape index (κ3) is 2.83. The second-order valence-corrected chi connectivity index (χ2v) is 4.84. The van der Waals surface area contributed by atoms with Crippen molar-refractivity contribution in [3.8, 4) is 0 Å². The molecular formula is C15H10F3N3O2. The van der Waals surface area contributed by atoms with E-state index in [1.165, 1.54) is 0 Å². The van der Waals surface area contributed by atoms with Gasteiger partial charge in [0, 0.05) is 17.8 Å². The molecule has 8 heteroatoms. The zero-order valence-corrected chi connectivity index (χ0v) is 11.6. The lowest BCUT2D eigenvalue weighted by Gasteiger charge is -2.29. The van der Waals surface area contributed by atoms with Gasteiger partial charge in [-0.1, -0.05) is 12.1 Å². The van der Waals surface area contributed by atoms with E-state index in [-0.39, 0.29) is 12.2 Å². The van der Waals surface area contributed by atoms with Gasteiger partial charge >= 0.3 is 6.03 Å². The Morgan fingerprint density at radius 3 is 2.48 bits per heavy atom. The normalized spacial score (nSPS) is 13.3. The number of benzene rings is 2. The molecule has 23 heavy (non-hydrogen) atoms. The highest BCUT2D eigenvalue weighted by molar-refractivity contribution is 6.12. The summed E-state index contributed by atoms with van der Waals surface area (Å²) in [4.78, 5) is 25.0. The van der Waals surface area contributed by atoms with Crippen LogP contribution in [-0.2, 0) is 4.79 Å². The quantitative estimate of drug-likeness (QED) is 0.793. The van der Waals surface area contributed by atoms with Gasteiger partial charge in [-0.3, -0.25) is 9.69 Å². The largest absolute Gasteiger partial charge is 0.326 e. The Morgan fingerprint density at radius 1 is 1.13 bits per heavy atom. The number of fused-ring (bicyclic) bond motifs is 1. The molecule has 1 heterocycles. The van der Waals surface area contributed by atoms with E-state index in [1.54, 1.807) is 24.3 Å². The summed E-state index contributed by atoms with van der Waals surface area (Å²) in [5, 5.41) is 4.85. The highest BCUT2D eigenvalue weighted by atomic mass is 19.2. The number of nitrogens with one attached hydrogen (secondary N) is 2. The predicted molar refractivity (Wildman–Crippen MR) is 77.8 cm³/mol. The zero-order chi connectivity index (χ0) is 16.6. The van der Waals surface area contributed by atoms with Gasteiger partial charge in [0.15, 0.2) is 17.5 Å². The van der Waals surface area contributed by atoms with Gasteiger partial charge in [-0.15, -0.1) is 0 Å². The molecule has 0 radical (unpaired) electrons. The number of amides is 3. The highest BCUT2D eigenvalue weighted by Crippen LogP contribution is 2.29. The van der Waals surface area contributed by atoms with Crippen LogP contribution in [0.25, 0.3) is 0 Å². The van der Waals surface area contributed by atoms with Gasteiger partial charge in [0.1, 0.15) is 6.54 Å². The van der Waals surface area contributed by atoms with Crippen molar-refractivity contribution in [1.82, 2.24) is 0 Å². The molecule has 1 aliphatic heterocycles. The lowest BCUT2D eigenvalue weighted by atomic mass is 10.2. The number of para-hydroxylation sites is 2. The molecular weight excluding hydrogens is 311 g/mol. The molecule has 0 atom stereocenters. The average molecular weight is 321 g/mol. The molecule has 0 aromatic heterocycles. The van der Waals surface area contributed by atoms with Gasteiger partial charge in [-0.25, -0.2) is 18.0 Å². The summed E-state index contributed by atoms with van der Waals surface area (Å²) in [7, 11) is 0. The van der Waals surface area contributed by atoms with Gasteiger partial charge < -0.3 is 10.6 Å². The van der Waals surface area contributed by atoms with E-state index in [1.807, 2.05) is 0 Å². The SMILES string of the molecule is O=C1CN(C(=O)Nc2cc(F)c(F)c(F)c2)c2ccccc2N1. The molecule has 0 unspecified atom stereocenters. The third-order valence-electron chi connectivity index (χ3n) is 3.25. The molecule has 0 bridgehead atoms. The minimum atomic E-state index is -1.62. The lowest BCUT2D eigenvalue weighted by Crippen LogP contribution is -2.44. The molecule has 1 aliphatic rings. The van der Waals surface area contributed by atoms with Crippen LogP contribution in [0.2, 0.25) is 0 Å². The predicted octanol–water partition coefficient (Wildman–Crippen LogP) is 3.09. The summed E-state index contributed by atoms with van der Waals surface area (Å²) in [5.74, 6) is -4.87. The van der Waals surface area contributed by atoms with Crippen molar-refractivity contribution >= 4 is 29.0 Å². The fraction of sp³-hybridized carbons (Fsp3) is 0.0667. The molecule has 0 saturated heterocycles. The average Bonchev–Trinajstić information content (AvgIpc) is 2.51. The Hall–Kier alpha value is -3.03. The van der Waals surface area contributed by atoms with Gasteiger partial charge in [-0.05, 0) is 12.1 Å². The van der Waals surface area contributed by atoms with Crippen LogP contribution in [0.4, 0.5) is 35.0 Å². The summed E-state index contributed by atoms with van der Waals surface area (Å²) in [5.41, 5.74) is 0.623. The van der Waals surface area contributed by atoms with E-state index in [0.29, 0.717) is 23.5 Å². The van der Waals surface area contributed by atoms with E-state index < -0.39 is 29.4 Å². The number of urea groups is 1. The van der Waals surface area contributed by atoms with Crippen LogP contribution in [0.1, 0.15) is 0 Å². The van der Waals surface area contributed by atoms with Gasteiger partial charge in [-0.2, -0.15) is 0 Å². The number of halogens is 3. The van der Waals surface area contributed by atoms with Gasteiger partial charge in [0.05, 0.1) is 11.4 Å². The topological polar surface area (TPSA) is 61.4 Å². The van der Waals surface area contributed by atoms with Crippen LogP contribution in [-0.4, -0.2) is 18.5 Å². The fourth-order valence-electron chi connectivity index (χ4n) is 2.23. The molecule has 2 aromatic rings. The maximum Gasteiger partial charge on any atom is 0.326 e. The number of hydrogen-bond acceptors (Lipinski definition) is 2.